The van der Waals surface area contributed by atoms with Crippen molar-refractivity contribution in [1.82, 2.24) is 0 Å². The maximum atomic E-state index is 12.6. The van der Waals surface area contributed by atoms with Crippen molar-refractivity contribution >= 4 is 33.5 Å². The Morgan fingerprint density at radius 3 is 2.43 bits per heavy atom. The van der Waals surface area contributed by atoms with Crippen LogP contribution < -0.4 is 4.90 Å². The minimum Gasteiger partial charge on any atom is -0.478 e. The minimum atomic E-state index is -1.06. The number of nitrogens with zero attached hydrogens (tertiary/aromatic N) is 1. The molecule has 5 heteroatoms. The molecule has 0 radical (unpaired) electrons. The highest BCUT2D eigenvalue weighted by Crippen LogP contribution is 2.24. The second kappa shape index (κ2) is 6.10. The third-order valence-electron chi connectivity index (χ3n) is 3.15. The van der Waals surface area contributed by atoms with E-state index in [2.05, 4.69) is 15.9 Å². The van der Waals surface area contributed by atoms with Gasteiger partial charge in [-0.1, -0.05) is 23.8 Å². The number of amides is 1. The van der Waals surface area contributed by atoms with E-state index >= 15 is 0 Å². The number of carbonyl (C=O) groups excluding carboxylic acids is 1. The van der Waals surface area contributed by atoms with Gasteiger partial charge in [0.2, 0.25) is 0 Å². The van der Waals surface area contributed by atoms with Gasteiger partial charge in [-0.2, -0.15) is 0 Å². The lowest BCUT2D eigenvalue weighted by atomic mass is 10.1. The van der Waals surface area contributed by atoms with Gasteiger partial charge in [0.25, 0.3) is 5.91 Å². The number of halogens is 1. The van der Waals surface area contributed by atoms with Crippen LogP contribution in [0.3, 0.4) is 0 Å². The Bertz CT molecular complexity index is 712. The summed E-state index contributed by atoms with van der Waals surface area (Å²) in [5.74, 6) is -1.33. The third kappa shape index (κ3) is 3.13. The fraction of sp³-hybridized carbons (Fsp3) is 0.125. The van der Waals surface area contributed by atoms with Crippen LogP contribution >= 0.6 is 15.9 Å². The Balaban J connectivity index is 2.45. The lowest BCUT2D eigenvalue weighted by Crippen LogP contribution is -2.28. The first-order valence-corrected chi connectivity index (χ1v) is 7.07. The van der Waals surface area contributed by atoms with Gasteiger partial charge in [0, 0.05) is 11.5 Å². The summed E-state index contributed by atoms with van der Waals surface area (Å²) in [5.41, 5.74) is 1.92. The molecular weight excluding hydrogens is 334 g/mol. The topological polar surface area (TPSA) is 57.6 Å². The van der Waals surface area contributed by atoms with Crippen LogP contribution in [0, 0.1) is 6.92 Å². The van der Waals surface area contributed by atoms with Crippen LogP contribution in [0.4, 0.5) is 5.69 Å². The predicted molar refractivity (Wildman–Crippen MR) is 85.0 cm³/mol. The highest BCUT2D eigenvalue weighted by molar-refractivity contribution is 9.10. The molecular formula is C16H14BrNO3. The van der Waals surface area contributed by atoms with Crippen molar-refractivity contribution < 1.29 is 14.7 Å². The molecule has 1 N–H and O–H groups in total. The van der Waals surface area contributed by atoms with E-state index in [0.717, 1.165) is 5.56 Å². The van der Waals surface area contributed by atoms with Gasteiger partial charge in [0.15, 0.2) is 0 Å². The number of carboxylic acids is 1. The lowest BCUT2D eigenvalue weighted by molar-refractivity contribution is 0.0697. The number of anilines is 1. The smallest absolute Gasteiger partial charge is 0.337 e. The molecule has 0 heterocycles. The summed E-state index contributed by atoms with van der Waals surface area (Å²) in [6, 6.07) is 11.9. The number of para-hydroxylation sites is 1. The summed E-state index contributed by atoms with van der Waals surface area (Å²) in [6.07, 6.45) is 0. The number of carboxylic acid groups (broad SMARTS) is 1. The Morgan fingerprint density at radius 2 is 1.76 bits per heavy atom. The van der Waals surface area contributed by atoms with E-state index in [4.69, 9.17) is 0 Å². The van der Waals surface area contributed by atoms with Crippen molar-refractivity contribution in [3.63, 3.8) is 0 Å². The second-order valence-corrected chi connectivity index (χ2v) is 5.52. The van der Waals surface area contributed by atoms with Crippen LogP contribution in [0.5, 0.6) is 0 Å². The number of carbonyl (C=O) groups is 2. The molecule has 0 aliphatic heterocycles. The molecule has 0 saturated heterocycles. The van der Waals surface area contributed by atoms with E-state index in [9.17, 15) is 14.7 Å². The fourth-order valence-electron chi connectivity index (χ4n) is 2.04. The normalized spacial score (nSPS) is 10.2. The molecule has 2 aromatic rings. The summed E-state index contributed by atoms with van der Waals surface area (Å²) in [6.45, 7) is 1.90. The average Bonchev–Trinajstić information content (AvgIpc) is 2.48. The van der Waals surface area contributed by atoms with Crippen molar-refractivity contribution in [3.8, 4) is 0 Å². The lowest BCUT2D eigenvalue weighted by Gasteiger charge is -2.20. The van der Waals surface area contributed by atoms with E-state index in [0.29, 0.717) is 15.7 Å². The van der Waals surface area contributed by atoms with Crippen LogP contribution in [0.25, 0.3) is 0 Å². The molecule has 0 aromatic heterocycles. The zero-order chi connectivity index (χ0) is 15.6. The molecule has 0 saturated carbocycles. The fourth-order valence-corrected chi connectivity index (χ4v) is 2.46. The van der Waals surface area contributed by atoms with Crippen molar-refractivity contribution in [2.45, 2.75) is 6.92 Å². The quantitative estimate of drug-likeness (QED) is 0.920. The van der Waals surface area contributed by atoms with Crippen molar-refractivity contribution in [1.29, 1.82) is 0 Å². The number of hydrogen-bond acceptors (Lipinski definition) is 2. The summed E-state index contributed by atoms with van der Waals surface area (Å²) in [5, 5.41) is 9.22. The van der Waals surface area contributed by atoms with Crippen LogP contribution in [-0.4, -0.2) is 24.0 Å². The predicted octanol–water partition coefficient (Wildman–Crippen LogP) is 3.73. The Morgan fingerprint density at radius 1 is 1.10 bits per heavy atom. The number of rotatable bonds is 3. The van der Waals surface area contributed by atoms with Crippen molar-refractivity contribution in [2.24, 2.45) is 0 Å². The molecule has 0 aliphatic carbocycles. The van der Waals surface area contributed by atoms with Gasteiger partial charge in [0.1, 0.15) is 0 Å². The summed E-state index contributed by atoms with van der Waals surface area (Å²) in [7, 11) is 1.57. The Labute approximate surface area is 131 Å². The van der Waals surface area contributed by atoms with Crippen LogP contribution in [0.15, 0.2) is 46.9 Å². The molecule has 0 spiro atoms. The van der Waals surface area contributed by atoms with E-state index in [1.807, 2.05) is 13.0 Å². The molecule has 2 aromatic carbocycles. The van der Waals surface area contributed by atoms with Gasteiger partial charge in [-0.05, 0) is 47.1 Å². The van der Waals surface area contributed by atoms with Crippen LogP contribution in [0.2, 0.25) is 0 Å². The first-order valence-electron chi connectivity index (χ1n) is 6.28. The maximum Gasteiger partial charge on any atom is 0.337 e. The van der Waals surface area contributed by atoms with E-state index in [1.54, 1.807) is 37.4 Å². The first-order chi connectivity index (χ1) is 9.91. The summed E-state index contributed by atoms with van der Waals surface area (Å²) >= 11 is 3.36. The summed E-state index contributed by atoms with van der Waals surface area (Å²) in [4.78, 5) is 25.2. The van der Waals surface area contributed by atoms with Gasteiger partial charge in [0.05, 0.1) is 16.8 Å². The van der Waals surface area contributed by atoms with Crippen LogP contribution in [-0.2, 0) is 0 Å². The zero-order valence-electron chi connectivity index (χ0n) is 11.6. The standard InChI is InChI=1S/C16H14BrNO3/c1-10-7-8-13(17)12(9-10)15(19)18(2)14-6-4-3-5-11(14)16(20)21/h3-9H,1-2H3,(H,20,21). The molecule has 2 rings (SSSR count). The molecule has 1 amide bonds. The number of hydrogen-bond donors (Lipinski definition) is 1. The van der Waals surface area contributed by atoms with Crippen molar-refractivity contribution in [3.05, 3.63) is 63.6 Å². The maximum absolute atomic E-state index is 12.6. The van der Waals surface area contributed by atoms with E-state index < -0.39 is 5.97 Å². The molecule has 108 valence electrons. The van der Waals surface area contributed by atoms with Gasteiger partial charge < -0.3 is 10.0 Å². The highest BCUT2D eigenvalue weighted by Gasteiger charge is 2.20. The van der Waals surface area contributed by atoms with E-state index in [-0.39, 0.29) is 11.5 Å². The molecule has 0 atom stereocenters. The van der Waals surface area contributed by atoms with Gasteiger partial charge in [-0.15, -0.1) is 0 Å². The summed E-state index contributed by atoms with van der Waals surface area (Å²) < 4.78 is 0.678. The van der Waals surface area contributed by atoms with E-state index in [1.165, 1.54) is 11.0 Å². The second-order valence-electron chi connectivity index (χ2n) is 4.67. The van der Waals surface area contributed by atoms with Crippen molar-refractivity contribution in [2.75, 3.05) is 11.9 Å². The molecule has 0 aliphatic rings. The SMILES string of the molecule is Cc1ccc(Br)c(C(=O)N(C)c2ccccc2C(=O)O)c1. The zero-order valence-corrected chi connectivity index (χ0v) is 13.2. The minimum absolute atomic E-state index is 0.0946. The van der Waals surface area contributed by atoms with Crippen LogP contribution in [0.1, 0.15) is 26.3 Å². The monoisotopic (exact) mass is 347 g/mol. The molecule has 21 heavy (non-hydrogen) atoms. The third-order valence-corrected chi connectivity index (χ3v) is 3.84. The Kier molecular flexibility index (Phi) is 4.43. The van der Waals surface area contributed by atoms with Gasteiger partial charge in [-0.3, -0.25) is 4.79 Å². The molecule has 0 fully saturated rings. The molecule has 0 unspecified atom stereocenters. The number of aromatic carboxylic acids is 1. The number of aryl methyl sites for hydroxylation is 1. The first kappa shape index (κ1) is 15.3. The largest absolute Gasteiger partial charge is 0.478 e. The molecule has 0 bridgehead atoms. The molecule has 4 nitrogen and oxygen atoms in total. The Hall–Kier alpha value is -2.14. The highest BCUT2D eigenvalue weighted by atomic mass is 79.9. The average molecular weight is 348 g/mol. The van der Waals surface area contributed by atoms with Gasteiger partial charge >= 0.3 is 5.97 Å². The van der Waals surface area contributed by atoms with Gasteiger partial charge in [-0.25, -0.2) is 4.79 Å². The number of benzene rings is 2.